The van der Waals surface area contributed by atoms with E-state index in [9.17, 15) is 56.6 Å². The van der Waals surface area contributed by atoms with Gasteiger partial charge in [-0.1, -0.05) is 30.3 Å². The molecule has 0 spiro atoms. The van der Waals surface area contributed by atoms with Gasteiger partial charge in [0.15, 0.2) is 5.96 Å². The molecule has 0 aliphatic heterocycles. The number of primary amides is 1. The number of alkyl halides is 3. The third-order valence-electron chi connectivity index (χ3n) is 8.14. The van der Waals surface area contributed by atoms with E-state index in [1.54, 1.807) is 30.3 Å². The first kappa shape index (κ1) is 52.7. The Morgan fingerprint density at radius 2 is 1.27 bits per heavy atom. The number of halogens is 3. The van der Waals surface area contributed by atoms with Gasteiger partial charge in [-0.3, -0.25) is 43.3 Å². The molecule has 17 N–H and O–H groups in total. The van der Waals surface area contributed by atoms with E-state index in [1.807, 2.05) is 0 Å². The number of nitrogens with zero attached hydrogens (tertiary/aromatic N) is 2. The largest absolute Gasteiger partial charge is 0.490 e. The standard InChI is InChI=1S/C33H48N12O10.C2HF3O2/c1-17(41-29(52)20(34)14-26(48)49)28(51)42-22(9-10-25(46)47)31(54)45-24(12-18-6-3-2-4-7-18)32(55)43-21(8-5-11-39-33(36)37)30(53)44-23(27(35)50)13-19-15-38-16-40-19;3-2(4,5)1(6)7/h2-4,6-7,15-17,20-24H,5,8-14,34H2,1H3,(H2,35,50)(H,38,40)(H,41,52)(H,42,51)(H,43,55)(H,44,53)(H,45,54)(H,46,47)(H,48,49)(H4,36,37,39);(H,6,7)/t17-,20-,21-,22-,23-,24-;/m0./s1. The number of nitrogens with one attached hydrogen (secondary N) is 6. The highest BCUT2D eigenvalue weighted by molar-refractivity contribution is 5.97. The molecule has 1 heterocycles. The molecule has 0 aliphatic carbocycles. The number of aromatic amines is 1. The Kier molecular flexibility index (Phi) is 22.1. The molecule has 1 aromatic heterocycles. The smallest absolute Gasteiger partial charge is 0.481 e. The molecule has 0 unspecified atom stereocenters. The van der Waals surface area contributed by atoms with Gasteiger partial charge in [-0.05, 0) is 31.7 Å². The molecule has 0 radical (unpaired) electrons. The number of guanidine groups is 1. The number of hydrogen-bond acceptors (Lipinski definition) is 12. The summed E-state index contributed by atoms with van der Waals surface area (Å²) in [5.41, 5.74) is 23.0. The van der Waals surface area contributed by atoms with Crippen LogP contribution in [0.1, 0.15) is 50.3 Å². The average Bonchev–Trinajstić information content (AvgIpc) is 3.69. The topological polar surface area (TPSA) is 420 Å². The zero-order valence-electron chi connectivity index (χ0n) is 33.0. The second-order valence-corrected chi connectivity index (χ2v) is 13.2. The van der Waals surface area contributed by atoms with Crippen molar-refractivity contribution in [1.82, 2.24) is 36.6 Å². The van der Waals surface area contributed by atoms with Crippen LogP contribution in [0.4, 0.5) is 13.2 Å². The summed E-state index contributed by atoms with van der Waals surface area (Å²) in [4.78, 5) is 121. The van der Waals surface area contributed by atoms with Crippen molar-refractivity contribution in [2.24, 2.45) is 27.9 Å². The lowest BCUT2D eigenvalue weighted by atomic mass is 10.0. The molecule has 6 amide bonds. The molecule has 0 bridgehead atoms. The Hall–Kier alpha value is -7.32. The zero-order chi connectivity index (χ0) is 47.2. The lowest BCUT2D eigenvalue weighted by Crippen LogP contribution is -2.59. The summed E-state index contributed by atoms with van der Waals surface area (Å²) in [5.74, 6) is -11.0. The van der Waals surface area contributed by atoms with Crippen molar-refractivity contribution in [3.05, 3.63) is 54.1 Å². The number of carbonyl (C=O) groups is 9. The molecule has 2 aromatic rings. The number of hydrogen-bond donors (Lipinski definition) is 13. The predicted molar refractivity (Wildman–Crippen MR) is 208 cm³/mol. The van der Waals surface area contributed by atoms with E-state index in [-0.39, 0.29) is 38.2 Å². The molecule has 6 atom stereocenters. The summed E-state index contributed by atoms with van der Waals surface area (Å²) >= 11 is 0. The summed E-state index contributed by atoms with van der Waals surface area (Å²) in [6.07, 6.45) is -4.03. The number of amides is 6. The number of H-pyrrole nitrogens is 1. The number of rotatable bonds is 24. The van der Waals surface area contributed by atoms with E-state index in [2.05, 4.69) is 41.5 Å². The van der Waals surface area contributed by atoms with Gasteiger partial charge in [-0.2, -0.15) is 13.2 Å². The van der Waals surface area contributed by atoms with Gasteiger partial charge in [0.25, 0.3) is 0 Å². The number of carboxylic acids is 3. The van der Waals surface area contributed by atoms with Crippen LogP contribution in [0.25, 0.3) is 0 Å². The van der Waals surface area contributed by atoms with E-state index in [1.165, 1.54) is 19.4 Å². The Morgan fingerprint density at radius 3 is 1.77 bits per heavy atom. The number of carboxylic acid groups (broad SMARTS) is 3. The minimum absolute atomic E-state index is 0.0348. The number of benzene rings is 1. The van der Waals surface area contributed by atoms with E-state index in [0.29, 0.717) is 11.3 Å². The summed E-state index contributed by atoms with van der Waals surface area (Å²) in [5, 5.41) is 37.6. The van der Waals surface area contributed by atoms with Gasteiger partial charge in [0.1, 0.15) is 30.2 Å². The van der Waals surface area contributed by atoms with Crippen molar-refractivity contribution >= 4 is 59.3 Å². The highest BCUT2D eigenvalue weighted by atomic mass is 19.4. The van der Waals surface area contributed by atoms with E-state index < -0.39 is 115 Å². The zero-order valence-corrected chi connectivity index (χ0v) is 33.0. The molecule has 62 heavy (non-hydrogen) atoms. The van der Waals surface area contributed by atoms with E-state index in [4.69, 9.17) is 37.9 Å². The van der Waals surface area contributed by atoms with Gasteiger partial charge >= 0.3 is 24.1 Å². The van der Waals surface area contributed by atoms with Crippen molar-refractivity contribution in [2.75, 3.05) is 6.54 Å². The molecular formula is C35H49F3N12O12. The SMILES string of the molecule is C[C@H](NC(=O)[C@@H](N)CC(=O)O)C(=O)N[C@@H](CCC(=O)O)C(=O)N[C@@H](Cc1ccccc1)C(=O)N[C@@H](CCCN=C(N)N)C(=O)N[C@@H](Cc1cnc[nH]1)C(N)=O.O=C(O)C(F)(F)F. The molecule has 0 fully saturated rings. The minimum atomic E-state index is -5.08. The number of aliphatic carboxylic acids is 3. The fourth-order valence-corrected chi connectivity index (χ4v) is 4.99. The van der Waals surface area contributed by atoms with Crippen LogP contribution in [-0.4, -0.2) is 134 Å². The molecule has 2 rings (SSSR count). The molecule has 0 saturated heterocycles. The molecular weight excluding hydrogens is 837 g/mol. The van der Waals surface area contributed by atoms with Crippen molar-refractivity contribution in [3.8, 4) is 0 Å². The molecule has 0 saturated carbocycles. The molecule has 27 heteroatoms. The second-order valence-electron chi connectivity index (χ2n) is 13.2. The van der Waals surface area contributed by atoms with Crippen LogP contribution < -0.4 is 49.5 Å². The van der Waals surface area contributed by atoms with Gasteiger partial charge in [-0.25, -0.2) is 9.78 Å². The lowest BCUT2D eigenvalue weighted by molar-refractivity contribution is -0.192. The van der Waals surface area contributed by atoms with Crippen LogP contribution in [0.3, 0.4) is 0 Å². The number of imidazole rings is 1. The molecule has 0 aliphatic rings. The van der Waals surface area contributed by atoms with Gasteiger partial charge in [0.2, 0.25) is 35.4 Å². The maximum Gasteiger partial charge on any atom is 0.490 e. The molecule has 342 valence electrons. The third kappa shape index (κ3) is 21.1. The Balaban J connectivity index is 0.00000251. The van der Waals surface area contributed by atoms with E-state index in [0.717, 1.165) is 0 Å². The van der Waals surface area contributed by atoms with Crippen LogP contribution in [0.2, 0.25) is 0 Å². The predicted octanol–water partition coefficient (Wildman–Crippen LogP) is -3.52. The van der Waals surface area contributed by atoms with Gasteiger partial charge in [0, 0.05) is 37.7 Å². The quantitative estimate of drug-likeness (QED) is 0.0276. The highest BCUT2D eigenvalue weighted by Crippen LogP contribution is 2.13. The van der Waals surface area contributed by atoms with Crippen LogP contribution in [0.5, 0.6) is 0 Å². The molecule has 24 nitrogen and oxygen atoms in total. The monoisotopic (exact) mass is 886 g/mol. The molecule has 1 aromatic carbocycles. The number of nitrogens with two attached hydrogens (primary N) is 4. The number of aliphatic imine (C=N–C) groups is 1. The first-order valence-electron chi connectivity index (χ1n) is 18.3. The van der Waals surface area contributed by atoms with Gasteiger partial charge in [0.05, 0.1) is 18.8 Å². The summed E-state index contributed by atoms with van der Waals surface area (Å²) < 4.78 is 31.7. The average molecular weight is 887 g/mol. The summed E-state index contributed by atoms with van der Waals surface area (Å²) in [7, 11) is 0. The second kappa shape index (κ2) is 26.0. The van der Waals surface area contributed by atoms with E-state index >= 15 is 0 Å². The fraction of sp³-hybridized carbons (Fsp3) is 0.457. The normalized spacial score (nSPS) is 13.7. The van der Waals surface area contributed by atoms with Crippen molar-refractivity contribution < 1.29 is 71.6 Å². The highest BCUT2D eigenvalue weighted by Gasteiger charge is 2.38. The Bertz CT molecular complexity index is 1880. The van der Waals surface area contributed by atoms with Crippen LogP contribution in [-0.2, 0) is 56.0 Å². The Labute approximate surface area is 350 Å². The first-order chi connectivity index (χ1) is 28.9. The number of carbonyl (C=O) groups excluding carboxylic acids is 6. The third-order valence-corrected chi connectivity index (χ3v) is 8.14. The van der Waals surface area contributed by atoms with Crippen LogP contribution >= 0.6 is 0 Å². The lowest BCUT2D eigenvalue weighted by Gasteiger charge is -2.27. The van der Waals surface area contributed by atoms with Crippen molar-refractivity contribution in [1.29, 1.82) is 0 Å². The van der Waals surface area contributed by atoms with Gasteiger partial charge in [-0.15, -0.1) is 0 Å². The van der Waals surface area contributed by atoms with Crippen molar-refractivity contribution in [3.63, 3.8) is 0 Å². The van der Waals surface area contributed by atoms with Crippen LogP contribution in [0.15, 0.2) is 47.8 Å². The van der Waals surface area contributed by atoms with Crippen LogP contribution in [0, 0.1) is 0 Å². The minimum Gasteiger partial charge on any atom is -0.481 e. The Morgan fingerprint density at radius 1 is 0.742 bits per heavy atom. The maximum atomic E-state index is 13.9. The maximum absolute atomic E-state index is 13.9. The summed E-state index contributed by atoms with van der Waals surface area (Å²) in [6.45, 7) is 1.31. The van der Waals surface area contributed by atoms with Gasteiger partial charge < -0.3 is 69.8 Å². The summed E-state index contributed by atoms with van der Waals surface area (Å²) in [6, 6.07) is 0.145. The first-order valence-corrected chi connectivity index (χ1v) is 18.3. The number of aromatic nitrogens is 2. The van der Waals surface area contributed by atoms with Crippen molar-refractivity contribution in [2.45, 2.75) is 94.3 Å². The fourth-order valence-electron chi connectivity index (χ4n) is 4.99.